The van der Waals surface area contributed by atoms with Gasteiger partial charge in [-0.1, -0.05) is 11.6 Å². The third kappa shape index (κ3) is 6.47. The van der Waals surface area contributed by atoms with Crippen LogP contribution in [-0.2, 0) is 15.7 Å². The van der Waals surface area contributed by atoms with Crippen molar-refractivity contribution in [1.82, 2.24) is 5.32 Å². The minimum Gasteiger partial charge on any atom is -0.484 e. The fraction of sp³-hybridized carbons (Fsp3) is 0.333. The number of nitrogens with zero attached hydrogens (tertiary/aromatic N) is 1. The third-order valence-electron chi connectivity index (χ3n) is 4.42. The average Bonchev–Trinajstić information content (AvgIpc) is 3.24. The number of alkyl halides is 3. The number of hydrogen-bond acceptors (Lipinski definition) is 4. The van der Waals surface area contributed by atoms with E-state index in [0.29, 0.717) is 17.9 Å². The first-order valence-electron chi connectivity index (χ1n) is 9.33. The van der Waals surface area contributed by atoms with E-state index in [0.717, 1.165) is 31.6 Å². The number of nitrogens with one attached hydrogen (secondary N) is 1. The van der Waals surface area contributed by atoms with Gasteiger partial charge >= 0.3 is 6.18 Å². The molecule has 0 spiro atoms. The molecule has 3 rings (SSSR count). The van der Waals surface area contributed by atoms with Crippen molar-refractivity contribution >= 4 is 29.4 Å². The fourth-order valence-electron chi connectivity index (χ4n) is 2.84. The van der Waals surface area contributed by atoms with Gasteiger partial charge in [0, 0.05) is 19.4 Å². The molecule has 2 aromatic carbocycles. The van der Waals surface area contributed by atoms with Gasteiger partial charge in [0.2, 0.25) is 0 Å². The lowest BCUT2D eigenvalue weighted by atomic mass is 10.2. The summed E-state index contributed by atoms with van der Waals surface area (Å²) in [5.74, 6) is 0.254. The van der Waals surface area contributed by atoms with Crippen LogP contribution in [0.4, 0.5) is 18.9 Å². The van der Waals surface area contributed by atoms with Crippen LogP contribution >= 0.6 is 11.6 Å². The molecule has 9 heteroatoms. The van der Waals surface area contributed by atoms with Gasteiger partial charge in [0.25, 0.3) is 5.91 Å². The molecule has 5 nitrogen and oxygen atoms in total. The Kier molecular flexibility index (Phi) is 7.33. The molecule has 0 bridgehead atoms. The van der Waals surface area contributed by atoms with Crippen LogP contribution in [0.2, 0.25) is 5.02 Å². The molecule has 1 atom stereocenters. The topological polar surface area (TPSA) is 59.9 Å². The Balaban J connectivity index is 1.51. The Labute approximate surface area is 176 Å². The van der Waals surface area contributed by atoms with Crippen LogP contribution < -0.4 is 10.1 Å². The number of rotatable bonds is 7. The monoisotopic (exact) mass is 440 g/mol. The maximum Gasteiger partial charge on any atom is 0.417 e. The lowest BCUT2D eigenvalue weighted by Gasteiger charge is -2.11. The largest absolute Gasteiger partial charge is 0.484 e. The average molecular weight is 441 g/mol. The molecule has 0 saturated carbocycles. The second-order valence-corrected chi connectivity index (χ2v) is 7.12. The van der Waals surface area contributed by atoms with Crippen molar-refractivity contribution in [2.45, 2.75) is 25.1 Å². The van der Waals surface area contributed by atoms with Gasteiger partial charge in [0.05, 0.1) is 22.4 Å². The fourth-order valence-corrected chi connectivity index (χ4v) is 3.07. The van der Waals surface area contributed by atoms with E-state index in [1.165, 1.54) is 12.3 Å². The van der Waals surface area contributed by atoms with Gasteiger partial charge < -0.3 is 14.8 Å². The van der Waals surface area contributed by atoms with Gasteiger partial charge in [-0.25, -0.2) is 0 Å². The van der Waals surface area contributed by atoms with Gasteiger partial charge in [-0.05, 0) is 60.9 Å². The van der Waals surface area contributed by atoms with Crippen molar-refractivity contribution in [3.63, 3.8) is 0 Å². The maximum atomic E-state index is 12.9. The molecule has 1 saturated heterocycles. The van der Waals surface area contributed by atoms with Crippen molar-refractivity contribution < 1.29 is 27.4 Å². The molecule has 0 aromatic heterocycles. The first-order chi connectivity index (χ1) is 14.3. The second kappa shape index (κ2) is 9.95. The van der Waals surface area contributed by atoms with Crippen LogP contribution in [0.25, 0.3) is 0 Å². The van der Waals surface area contributed by atoms with Crippen LogP contribution in [0.1, 0.15) is 24.0 Å². The highest BCUT2D eigenvalue weighted by Crippen LogP contribution is 2.36. The van der Waals surface area contributed by atoms with E-state index in [2.05, 4.69) is 10.3 Å². The van der Waals surface area contributed by atoms with E-state index in [1.54, 1.807) is 24.3 Å². The van der Waals surface area contributed by atoms with Gasteiger partial charge in [-0.3, -0.25) is 9.79 Å². The lowest BCUT2D eigenvalue weighted by Crippen LogP contribution is -2.35. The first-order valence-corrected chi connectivity index (χ1v) is 9.71. The molecule has 0 aliphatic carbocycles. The van der Waals surface area contributed by atoms with Crippen molar-refractivity contribution in [2.24, 2.45) is 4.99 Å². The summed E-state index contributed by atoms with van der Waals surface area (Å²) in [6.07, 6.45) is -1.09. The van der Waals surface area contributed by atoms with Crippen molar-refractivity contribution in [3.05, 3.63) is 58.6 Å². The molecule has 30 heavy (non-hydrogen) atoms. The Bertz CT molecular complexity index is 895. The molecule has 1 aliphatic heterocycles. The summed E-state index contributed by atoms with van der Waals surface area (Å²) in [6, 6.07) is 10.1. The quantitative estimate of drug-likeness (QED) is 0.630. The lowest BCUT2D eigenvalue weighted by molar-refractivity contribution is -0.137. The van der Waals surface area contributed by atoms with E-state index in [-0.39, 0.29) is 29.3 Å². The maximum absolute atomic E-state index is 12.9. The standard InChI is InChI=1S/C21H20ClF3N2O3/c22-19-8-5-15(10-18(19)21(23,24)25)26-11-14-3-6-16(7-4-14)30-13-20(28)27-12-17-2-1-9-29-17/h3-8,10-11,17H,1-2,9,12-13H2,(H,27,28)/t17-/m0/s1. The van der Waals surface area contributed by atoms with Crippen LogP contribution in [0.5, 0.6) is 5.75 Å². The Morgan fingerprint density at radius 2 is 2.03 bits per heavy atom. The highest BCUT2D eigenvalue weighted by Gasteiger charge is 2.33. The summed E-state index contributed by atoms with van der Waals surface area (Å²) in [5, 5.41) is 2.39. The van der Waals surface area contributed by atoms with Gasteiger partial charge in [0.15, 0.2) is 6.61 Å². The molecule has 1 amide bonds. The zero-order chi connectivity index (χ0) is 21.6. The molecule has 1 heterocycles. The zero-order valence-corrected chi connectivity index (χ0v) is 16.7. The first kappa shape index (κ1) is 22.1. The zero-order valence-electron chi connectivity index (χ0n) is 15.9. The van der Waals surface area contributed by atoms with Gasteiger partial charge in [-0.2, -0.15) is 13.2 Å². The minimum atomic E-state index is -4.54. The SMILES string of the molecule is O=C(COc1ccc(C=Nc2ccc(Cl)c(C(F)(F)F)c2)cc1)NC[C@@H]1CCCO1. The normalized spacial score (nSPS) is 16.7. The molecular formula is C21H20ClF3N2O3. The summed E-state index contributed by atoms with van der Waals surface area (Å²) >= 11 is 5.60. The van der Waals surface area contributed by atoms with Crippen LogP contribution in [0, 0.1) is 0 Å². The number of carbonyl (C=O) groups is 1. The van der Waals surface area contributed by atoms with E-state index in [1.807, 2.05) is 0 Å². The van der Waals surface area contributed by atoms with E-state index in [9.17, 15) is 18.0 Å². The summed E-state index contributed by atoms with van der Waals surface area (Å²) in [7, 11) is 0. The van der Waals surface area contributed by atoms with Gasteiger partial charge in [0.1, 0.15) is 5.75 Å². The molecule has 160 valence electrons. The molecule has 1 fully saturated rings. The number of benzene rings is 2. The van der Waals surface area contributed by atoms with Crippen LogP contribution in [0.15, 0.2) is 47.5 Å². The Morgan fingerprint density at radius 1 is 1.27 bits per heavy atom. The molecular weight excluding hydrogens is 421 g/mol. The number of aliphatic imine (C=N–C) groups is 1. The predicted molar refractivity (Wildman–Crippen MR) is 108 cm³/mol. The molecule has 0 unspecified atom stereocenters. The molecule has 1 N–H and O–H groups in total. The van der Waals surface area contributed by atoms with Crippen LogP contribution in [0.3, 0.4) is 0 Å². The highest BCUT2D eigenvalue weighted by atomic mass is 35.5. The van der Waals surface area contributed by atoms with Crippen molar-refractivity contribution in [1.29, 1.82) is 0 Å². The molecule has 1 aliphatic rings. The smallest absolute Gasteiger partial charge is 0.417 e. The number of halogens is 4. The predicted octanol–water partition coefficient (Wildman–Crippen LogP) is 4.78. The second-order valence-electron chi connectivity index (χ2n) is 6.72. The number of ether oxygens (including phenoxy) is 2. The molecule has 0 radical (unpaired) electrons. The number of hydrogen-bond donors (Lipinski definition) is 1. The van der Waals surface area contributed by atoms with E-state index in [4.69, 9.17) is 21.1 Å². The van der Waals surface area contributed by atoms with E-state index < -0.39 is 11.7 Å². The Morgan fingerprint density at radius 3 is 2.70 bits per heavy atom. The molecule has 2 aromatic rings. The van der Waals surface area contributed by atoms with Crippen LogP contribution in [-0.4, -0.2) is 38.0 Å². The number of amides is 1. The highest BCUT2D eigenvalue weighted by molar-refractivity contribution is 6.31. The summed E-state index contributed by atoms with van der Waals surface area (Å²) in [4.78, 5) is 15.9. The Hall–Kier alpha value is -2.58. The minimum absolute atomic E-state index is 0.0698. The van der Waals surface area contributed by atoms with Crippen molar-refractivity contribution in [2.75, 3.05) is 19.8 Å². The van der Waals surface area contributed by atoms with E-state index >= 15 is 0 Å². The van der Waals surface area contributed by atoms with Gasteiger partial charge in [-0.15, -0.1) is 0 Å². The number of carbonyl (C=O) groups excluding carboxylic acids is 1. The van der Waals surface area contributed by atoms with Crippen molar-refractivity contribution in [3.8, 4) is 5.75 Å². The summed E-state index contributed by atoms with van der Waals surface area (Å²) < 4.78 is 49.6. The summed E-state index contributed by atoms with van der Waals surface area (Å²) in [5.41, 5.74) is -0.135. The summed E-state index contributed by atoms with van der Waals surface area (Å²) in [6.45, 7) is 1.08. The third-order valence-corrected chi connectivity index (χ3v) is 4.75.